The van der Waals surface area contributed by atoms with Crippen LogP contribution in [0.1, 0.15) is 58.8 Å². The van der Waals surface area contributed by atoms with Crippen molar-refractivity contribution in [3.63, 3.8) is 0 Å². The summed E-state index contributed by atoms with van der Waals surface area (Å²) in [4.78, 5) is 0. The third kappa shape index (κ3) is 8.34. The molecule has 1 aliphatic rings. The molecule has 1 saturated heterocycles. The van der Waals surface area contributed by atoms with Gasteiger partial charge in [0.15, 0.2) is 6.29 Å². The number of hydrogen-bond acceptors (Lipinski definition) is 2. The zero-order chi connectivity index (χ0) is 14.6. The standard InChI is InChI=1S/C18H30O2/c1-4-5-9-16(2)10-8-11-17(3)13-15-20-18-12-6-7-14-19-18/h4,10,13,18H,1,5-9,11-12,14-15H2,2-3H3/b16-10+,17-13+. The van der Waals surface area contributed by atoms with Gasteiger partial charge in [0.2, 0.25) is 0 Å². The number of hydrogen-bond donors (Lipinski definition) is 0. The Bertz CT molecular complexity index is 322. The van der Waals surface area contributed by atoms with Gasteiger partial charge in [0.25, 0.3) is 0 Å². The van der Waals surface area contributed by atoms with Crippen molar-refractivity contribution in [2.45, 2.75) is 65.1 Å². The van der Waals surface area contributed by atoms with Crippen LogP contribution in [-0.2, 0) is 9.47 Å². The summed E-state index contributed by atoms with van der Waals surface area (Å²) >= 11 is 0. The molecule has 114 valence electrons. The van der Waals surface area contributed by atoms with E-state index < -0.39 is 0 Å². The first-order valence-corrected chi connectivity index (χ1v) is 7.87. The first-order valence-electron chi connectivity index (χ1n) is 7.87. The van der Waals surface area contributed by atoms with E-state index in [-0.39, 0.29) is 6.29 Å². The molecule has 0 aromatic carbocycles. The molecule has 0 aromatic heterocycles. The Kier molecular flexibility index (Phi) is 9.35. The number of allylic oxidation sites excluding steroid dienone is 4. The van der Waals surface area contributed by atoms with Crippen LogP contribution in [0, 0.1) is 0 Å². The Hall–Kier alpha value is -0.860. The third-order valence-corrected chi connectivity index (χ3v) is 3.63. The van der Waals surface area contributed by atoms with Crippen LogP contribution in [0.3, 0.4) is 0 Å². The topological polar surface area (TPSA) is 18.5 Å². The van der Waals surface area contributed by atoms with E-state index in [9.17, 15) is 0 Å². The molecule has 1 rings (SSSR count). The van der Waals surface area contributed by atoms with Crippen LogP contribution in [0.15, 0.2) is 36.0 Å². The maximum atomic E-state index is 5.71. The summed E-state index contributed by atoms with van der Waals surface area (Å²) in [7, 11) is 0. The molecule has 0 spiro atoms. The Balaban J connectivity index is 2.12. The maximum Gasteiger partial charge on any atom is 0.157 e. The van der Waals surface area contributed by atoms with Gasteiger partial charge in [0.05, 0.1) is 6.61 Å². The molecule has 1 aliphatic heterocycles. The van der Waals surface area contributed by atoms with Gasteiger partial charge in [-0.05, 0) is 58.8 Å². The lowest BCUT2D eigenvalue weighted by molar-refractivity contribution is -0.155. The van der Waals surface area contributed by atoms with Crippen molar-refractivity contribution < 1.29 is 9.47 Å². The van der Waals surface area contributed by atoms with Gasteiger partial charge in [-0.1, -0.05) is 29.4 Å². The molecule has 1 heterocycles. The van der Waals surface area contributed by atoms with Crippen molar-refractivity contribution >= 4 is 0 Å². The maximum absolute atomic E-state index is 5.71. The molecule has 1 fully saturated rings. The SMILES string of the molecule is C=CCC/C(C)=C/CC/C(C)=C/COC1CCCCO1. The van der Waals surface area contributed by atoms with Crippen LogP contribution in [-0.4, -0.2) is 19.5 Å². The molecule has 0 amide bonds. The summed E-state index contributed by atoms with van der Waals surface area (Å²) in [5, 5.41) is 0. The van der Waals surface area contributed by atoms with Crippen molar-refractivity contribution in [3.8, 4) is 0 Å². The van der Waals surface area contributed by atoms with Gasteiger partial charge >= 0.3 is 0 Å². The van der Waals surface area contributed by atoms with Gasteiger partial charge in [-0.2, -0.15) is 0 Å². The molecular formula is C18H30O2. The second kappa shape index (κ2) is 10.9. The molecule has 2 heteroatoms. The fraction of sp³-hybridized carbons (Fsp3) is 0.667. The van der Waals surface area contributed by atoms with E-state index in [4.69, 9.17) is 9.47 Å². The van der Waals surface area contributed by atoms with Crippen molar-refractivity contribution in [2.75, 3.05) is 13.2 Å². The summed E-state index contributed by atoms with van der Waals surface area (Å²) < 4.78 is 11.2. The van der Waals surface area contributed by atoms with E-state index in [0.29, 0.717) is 6.61 Å². The zero-order valence-electron chi connectivity index (χ0n) is 13.2. The predicted octanol–water partition coefficient (Wildman–Crippen LogP) is 5.17. The van der Waals surface area contributed by atoms with E-state index in [0.717, 1.165) is 38.7 Å². The van der Waals surface area contributed by atoms with Crippen LogP contribution in [0.2, 0.25) is 0 Å². The van der Waals surface area contributed by atoms with Crippen LogP contribution in [0.5, 0.6) is 0 Å². The molecule has 2 nitrogen and oxygen atoms in total. The van der Waals surface area contributed by atoms with Crippen molar-refractivity contribution in [1.29, 1.82) is 0 Å². The van der Waals surface area contributed by atoms with Crippen molar-refractivity contribution in [3.05, 3.63) is 36.0 Å². The van der Waals surface area contributed by atoms with Crippen LogP contribution in [0.25, 0.3) is 0 Å². The third-order valence-electron chi connectivity index (χ3n) is 3.63. The van der Waals surface area contributed by atoms with Crippen molar-refractivity contribution in [1.82, 2.24) is 0 Å². The fourth-order valence-corrected chi connectivity index (χ4v) is 2.22. The summed E-state index contributed by atoms with van der Waals surface area (Å²) in [6.45, 7) is 9.66. The Morgan fingerprint density at radius 1 is 1.15 bits per heavy atom. The summed E-state index contributed by atoms with van der Waals surface area (Å²) in [5.41, 5.74) is 2.86. The van der Waals surface area contributed by atoms with Gasteiger partial charge in [-0.3, -0.25) is 0 Å². The number of rotatable bonds is 9. The lowest BCUT2D eigenvalue weighted by Crippen LogP contribution is -2.22. The monoisotopic (exact) mass is 278 g/mol. The fourth-order valence-electron chi connectivity index (χ4n) is 2.22. The first kappa shape index (κ1) is 17.2. The average Bonchev–Trinajstić information content (AvgIpc) is 2.46. The van der Waals surface area contributed by atoms with E-state index in [2.05, 4.69) is 32.6 Å². The molecule has 0 bridgehead atoms. The molecule has 0 aliphatic carbocycles. The largest absolute Gasteiger partial charge is 0.353 e. The first-order chi connectivity index (χ1) is 9.72. The Morgan fingerprint density at radius 3 is 2.60 bits per heavy atom. The highest BCUT2D eigenvalue weighted by Gasteiger charge is 2.12. The summed E-state index contributed by atoms with van der Waals surface area (Å²) in [6, 6.07) is 0. The molecule has 0 N–H and O–H groups in total. The van der Waals surface area contributed by atoms with E-state index in [1.54, 1.807) is 0 Å². The van der Waals surface area contributed by atoms with Gasteiger partial charge in [-0.15, -0.1) is 6.58 Å². The Morgan fingerprint density at radius 2 is 1.90 bits per heavy atom. The van der Waals surface area contributed by atoms with E-state index in [1.807, 2.05) is 6.08 Å². The minimum atomic E-state index is 0.0221. The minimum Gasteiger partial charge on any atom is -0.353 e. The highest BCUT2D eigenvalue weighted by atomic mass is 16.7. The van der Waals surface area contributed by atoms with Crippen LogP contribution < -0.4 is 0 Å². The smallest absolute Gasteiger partial charge is 0.157 e. The number of ether oxygens (including phenoxy) is 2. The van der Waals surface area contributed by atoms with Crippen LogP contribution >= 0.6 is 0 Å². The van der Waals surface area contributed by atoms with E-state index in [1.165, 1.54) is 24.0 Å². The Labute approximate surface area is 124 Å². The normalized spacial score (nSPS) is 21.0. The molecule has 0 saturated carbocycles. The molecular weight excluding hydrogens is 248 g/mol. The summed E-state index contributed by atoms with van der Waals surface area (Å²) in [5.74, 6) is 0. The van der Waals surface area contributed by atoms with Gasteiger partial charge in [-0.25, -0.2) is 0 Å². The lowest BCUT2D eigenvalue weighted by Gasteiger charge is -2.22. The predicted molar refractivity (Wildman–Crippen MR) is 85.7 cm³/mol. The minimum absolute atomic E-state index is 0.0221. The summed E-state index contributed by atoms with van der Waals surface area (Å²) in [6.07, 6.45) is 14.4. The highest BCUT2D eigenvalue weighted by molar-refractivity contribution is 5.04. The molecule has 0 aromatic rings. The molecule has 1 atom stereocenters. The van der Waals surface area contributed by atoms with Crippen molar-refractivity contribution in [2.24, 2.45) is 0 Å². The van der Waals surface area contributed by atoms with Gasteiger partial charge in [0, 0.05) is 6.61 Å². The zero-order valence-corrected chi connectivity index (χ0v) is 13.2. The van der Waals surface area contributed by atoms with Crippen LogP contribution in [0.4, 0.5) is 0 Å². The quantitative estimate of drug-likeness (QED) is 0.542. The molecule has 1 unspecified atom stereocenters. The van der Waals surface area contributed by atoms with Gasteiger partial charge in [0.1, 0.15) is 0 Å². The highest BCUT2D eigenvalue weighted by Crippen LogP contribution is 2.14. The average molecular weight is 278 g/mol. The second-order valence-electron chi connectivity index (χ2n) is 5.60. The second-order valence-corrected chi connectivity index (χ2v) is 5.60. The molecule has 0 radical (unpaired) electrons. The molecule has 20 heavy (non-hydrogen) atoms. The van der Waals surface area contributed by atoms with E-state index >= 15 is 0 Å². The lowest BCUT2D eigenvalue weighted by atomic mass is 10.1. The van der Waals surface area contributed by atoms with Gasteiger partial charge < -0.3 is 9.47 Å².